The van der Waals surface area contributed by atoms with Gasteiger partial charge in [0.1, 0.15) is 0 Å². The molecule has 0 spiro atoms. The van der Waals surface area contributed by atoms with E-state index in [4.69, 9.17) is 16.6 Å². The molecule has 0 bridgehead atoms. The third-order valence-electron chi connectivity index (χ3n) is 3.81. The molecule has 2 unspecified atom stereocenters. The van der Waals surface area contributed by atoms with Crippen LogP contribution in [0, 0.1) is 5.92 Å². The second kappa shape index (κ2) is 9.95. The number of thiophene rings is 1. The van der Waals surface area contributed by atoms with E-state index >= 15 is 0 Å². The molecule has 7 heteroatoms. The minimum Gasteiger partial charge on any atom is -0.393 e. The Morgan fingerprint density at radius 3 is 2.82 bits per heavy atom. The fraction of sp³-hybridized carbons (Fsp3) is 0.667. The van der Waals surface area contributed by atoms with Gasteiger partial charge in [-0.1, -0.05) is 18.0 Å². The minimum atomic E-state index is -0.182. The van der Waals surface area contributed by atoms with E-state index in [9.17, 15) is 5.11 Å². The summed E-state index contributed by atoms with van der Waals surface area (Å²) in [5, 5.41) is 13.2. The number of aliphatic imine (C=N–C) groups is 1. The van der Waals surface area contributed by atoms with Gasteiger partial charge in [0.25, 0.3) is 0 Å². The van der Waals surface area contributed by atoms with Gasteiger partial charge in [0.15, 0.2) is 5.96 Å². The van der Waals surface area contributed by atoms with Crippen molar-refractivity contribution >= 4 is 52.9 Å². The highest BCUT2D eigenvalue weighted by molar-refractivity contribution is 14.0. The smallest absolute Gasteiger partial charge is 0.193 e. The molecule has 1 saturated carbocycles. The molecule has 0 aliphatic heterocycles. The summed E-state index contributed by atoms with van der Waals surface area (Å²) < 4.78 is 0.814. The predicted octanol–water partition coefficient (Wildman–Crippen LogP) is 3.58. The van der Waals surface area contributed by atoms with E-state index in [1.165, 1.54) is 4.88 Å². The van der Waals surface area contributed by atoms with Gasteiger partial charge < -0.3 is 15.3 Å². The maximum absolute atomic E-state index is 9.89. The van der Waals surface area contributed by atoms with Gasteiger partial charge in [-0.3, -0.25) is 4.99 Å². The van der Waals surface area contributed by atoms with Crippen molar-refractivity contribution in [1.29, 1.82) is 0 Å². The van der Waals surface area contributed by atoms with Crippen molar-refractivity contribution in [2.75, 3.05) is 20.1 Å². The Morgan fingerprint density at radius 1 is 1.50 bits per heavy atom. The Balaban J connectivity index is 0.00000242. The lowest BCUT2D eigenvalue weighted by Crippen LogP contribution is -2.38. The van der Waals surface area contributed by atoms with Gasteiger partial charge >= 0.3 is 0 Å². The molecule has 0 amide bonds. The molecule has 126 valence electrons. The molecule has 2 N–H and O–H groups in total. The van der Waals surface area contributed by atoms with E-state index < -0.39 is 0 Å². The first-order chi connectivity index (χ1) is 10.1. The predicted molar refractivity (Wildman–Crippen MR) is 106 cm³/mol. The minimum absolute atomic E-state index is 0. The molecular formula is C15H25ClIN3OS. The summed E-state index contributed by atoms with van der Waals surface area (Å²) in [6, 6.07) is 3.97. The quantitative estimate of drug-likeness (QED) is 0.404. The van der Waals surface area contributed by atoms with E-state index in [1.807, 2.05) is 19.2 Å². The van der Waals surface area contributed by atoms with Crippen molar-refractivity contribution in [1.82, 2.24) is 10.2 Å². The topological polar surface area (TPSA) is 47.9 Å². The van der Waals surface area contributed by atoms with Gasteiger partial charge in [-0.25, -0.2) is 0 Å². The standard InChI is InChI=1S/C15H24ClN3OS.HI/c1-3-17-15(18-9-11-5-4-6-13(11)20)19(2)10-12-7-8-14(16)21-12;/h7-8,11,13,20H,3-6,9-10H2,1-2H3,(H,17,18);1H. The van der Waals surface area contributed by atoms with Crippen LogP contribution < -0.4 is 5.32 Å². The highest BCUT2D eigenvalue weighted by atomic mass is 127. The molecule has 4 nitrogen and oxygen atoms in total. The third-order valence-corrected chi connectivity index (χ3v) is 5.03. The zero-order valence-electron chi connectivity index (χ0n) is 13.1. The van der Waals surface area contributed by atoms with Gasteiger partial charge in [0.2, 0.25) is 0 Å². The van der Waals surface area contributed by atoms with Crippen LogP contribution in [0.5, 0.6) is 0 Å². The van der Waals surface area contributed by atoms with E-state index in [1.54, 1.807) is 11.3 Å². The molecule has 1 aromatic heterocycles. The van der Waals surface area contributed by atoms with E-state index in [-0.39, 0.29) is 30.1 Å². The molecule has 2 rings (SSSR count). The number of aliphatic hydroxyl groups excluding tert-OH is 1. The molecule has 1 heterocycles. The van der Waals surface area contributed by atoms with Crippen LogP contribution in [-0.4, -0.2) is 42.2 Å². The molecule has 1 aromatic rings. The summed E-state index contributed by atoms with van der Waals surface area (Å²) in [6.45, 7) is 4.38. The Hall–Kier alpha value is -0.0500. The van der Waals surface area contributed by atoms with Crippen LogP contribution in [0.3, 0.4) is 0 Å². The Kier molecular flexibility index (Phi) is 9.04. The Labute approximate surface area is 159 Å². The number of nitrogens with one attached hydrogen (secondary N) is 1. The van der Waals surface area contributed by atoms with Crippen molar-refractivity contribution in [3.05, 3.63) is 21.3 Å². The van der Waals surface area contributed by atoms with E-state index in [0.717, 1.165) is 42.6 Å². The molecule has 2 atom stereocenters. The lowest BCUT2D eigenvalue weighted by Gasteiger charge is -2.22. The van der Waals surface area contributed by atoms with Gasteiger partial charge in [-0.15, -0.1) is 35.3 Å². The van der Waals surface area contributed by atoms with Crippen LogP contribution in [0.1, 0.15) is 31.1 Å². The van der Waals surface area contributed by atoms with Crippen molar-refractivity contribution in [2.45, 2.75) is 38.8 Å². The van der Waals surface area contributed by atoms with Gasteiger partial charge in [0, 0.05) is 30.9 Å². The molecule has 22 heavy (non-hydrogen) atoms. The number of hydrogen-bond acceptors (Lipinski definition) is 3. The molecule has 1 fully saturated rings. The average Bonchev–Trinajstić information content (AvgIpc) is 3.03. The molecule has 0 saturated heterocycles. The first-order valence-corrected chi connectivity index (χ1v) is 8.71. The average molecular weight is 458 g/mol. The molecule has 1 aliphatic carbocycles. The normalized spacial score (nSPS) is 21.5. The molecule has 0 radical (unpaired) electrons. The highest BCUT2D eigenvalue weighted by Gasteiger charge is 2.25. The number of rotatable bonds is 5. The summed E-state index contributed by atoms with van der Waals surface area (Å²) >= 11 is 7.57. The Bertz CT molecular complexity index is 483. The highest BCUT2D eigenvalue weighted by Crippen LogP contribution is 2.26. The van der Waals surface area contributed by atoms with E-state index in [0.29, 0.717) is 12.5 Å². The summed E-state index contributed by atoms with van der Waals surface area (Å²) in [7, 11) is 2.03. The van der Waals surface area contributed by atoms with E-state index in [2.05, 4.69) is 17.1 Å². The van der Waals surface area contributed by atoms with Gasteiger partial charge in [-0.2, -0.15) is 0 Å². The second-order valence-corrected chi connectivity index (χ2v) is 7.31. The molecule has 0 aromatic carbocycles. The fourth-order valence-corrected chi connectivity index (χ4v) is 3.79. The number of guanidine groups is 1. The maximum Gasteiger partial charge on any atom is 0.193 e. The van der Waals surface area contributed by atoms with Gasteiger partial charge in [0.05, 0.1) is 17.0 Å². The van der Waals surface area contributed by atoms with Crippen LogP contribution in [0.15, 0.2) is 17.1 Å². The fourth-order valence-electron chi connectivity index (χ4n) is 2.65. The molecular weight excluding hydrogens is 433 g/mol. The van der Waals surface area contributed by atoms with Gasteiger partial charge in [-0.05, 0) is 31.9 Å². The number of aliphatic hydroxyl groups is 1. The summed E-state index contributed by atoms with van der Waals surface area (Å²) in [5.74, 6) is 1.20. The first kappa shape index (κ1) is 20.0. The first-order valence-electron chi connectivity index (χ1n) is 7.52. The van der Waals surface area contributed by atoms with Crippen molar-refractivity contribution in [3.8, 4) is 0 Å². The maximum atomic E-state index is 9.89. The van der Waals surface area contributed by atoms with Crippen molar-refractivity contribution < 1.29 is 5.11 Å². The summed E-state index contributed by atoms with van der Waals surface area (Å²) in [5.41, 5.74) is 0. The van der Waals surface area contributed by atoms with Crippen LogP contribution in [0.25, 0.3) is 0 Å². The SMILES string of the molecule is CCNC(=NCC1CCCC1O)N(C)Cc1ccc(Cl)s1.I. The zero-order valence-corrected chi connectivity index (χ0v) is 17.0. The van der Waals surface area contributed by atoms with Crippen LogP contribution in [0.4, 0.5) is 0 Å². The zero-order chi connectivity index (χ0) is 15.2. The monoisotopic (exact) mass is 457 g/mol. The summed E-state index contributed by atoms with van der Waals surface area (Å²) in [4.78, 5) is 8.01. The van der Waals surface area contributed by atoms with Crippen LogP contribution in [0.2, 0.25) is 4.34 Å². The lowest BCUT2D eigenvalue weighted by atomic mass is 10.1. The number of hydrogen-bond donors (Lipinski definition) is 2. The number of nitrogens with zero attached hydrogens (tertiary/aromatic N) is 2. The molecule has 1 aliphatic rings. The Morgan fingerprint density at radius 2 is 2.27 bits per heavy atom. The largest absolute Gasteiger partial charge is 0.393 e. The lowest BCUT2D eigenvalue weighted by molar-refractivity contribution is 0.136. The van der Waals surface area contributed by atoms with Crippen molar-refractivity contribution in [3.63, 3.8) is 0 Å². The van der Waals surface area contributed by atoms with Crippen LogP contribution >= 0.6 is 46.9 Å². The van der Waals surface area contributed by atoms with Crippen LogP contribution in [-0.2, 0) is 6.54 Å². The number of halogens is 2. The van der Waals surface area contributed by atoms with Crippen molar-refractivity contribution in [2.24, 2.45) is 10.9 Å². The summed E-state index contributed by atoms with van der Waals surface area (Å²) in [6.07, 6.45) is 2.92. The third kappa shape index (κ3) is 5.86. The second-order valence-electron chi connectivity index (χ2n) is 5.51.